The van der Waals surface area contributed by atoms with E-state index >= 15 is 0 Å². The van der Waals surface area contributed by atoms with Gasteiger partial charge in [-0.25, -0.2) is 0 Å². The van der Waals surface area contributed by atoms with Gasteiger partial charge < -0.3 is 10.2 Å². The standard InChI is InChI=1S/C15H14O3/c1-9-7-11(16)3-5-13(9)15(18)14-6-4-12(17)8-10(14)2/h3-8,16-17H,1-2H3. The van der Waals surface area contributed by atoms with Gasteiger partial charge in [0, 0.05) is 11.1 Å². The molecule has 0 heterocycles. The number of phenolic OH excluding ortho intramolecular Hbond substituents is 2. The fraction of sp³-hybridized carbons (Fsp3) is 0.133. The van der Waals surface area contributed by atoms with E-state index in [1.165, 1.54) is 12.1 Å². The number of benzene rings is 2. The van der Waals surface area contributed by atoms with Gasteiger partial charge in [0.1, 0.15) is 11.5 Å². The van der Waals surface area contributed by atoms with E-state index < -0.39 is 0 Å². The SMILES string of the molecule is Cc1cc(O)ccc1C(=O)c1ccc(O)cc1C. The minimum absolute atomic E-state index is 0.106. The molecule has 0 saturated heterocycles. The average molecular weight is 242 g/mol. The van der Waals surface area contributed by atoms with E-state index in [2.05, 4.69) is 0 Å². The Labute approximate surface area is 105 Å². The van der Waals surface area contributed by atoms with E-state index in [0.717, 1.165) is 11.1 Å². The largest absolute Gasteiger partial charge is 0.508 e. The van der Waals surface area contributed by atoms with Crippen LogP contribution in [0.25, 0.3) is 0 Å². The predicted molar refractivity (Wildman–Crippen MR) is 69.1 cm³/mol. The summed E-state index contributed by atoms with van der Waals surface area (Å²) in [5.74, 6) is 0.183. The average Bonchev–Trinajstić information content (AvgIpc) is 2.28. The van der Waals surface area contributed by atoms with E-state index in [1.807, 2.05) is 0 Å². The molecular weight excluding hydrogens is 228 g/mol. The molecule has 0 saturated carbocycles. The Balaban J connectivity index is 2.48. The number of hydrogen-bond donors (Lipinski definition) is 2. The van der Waals surface area contributed by atoms with Gasteiger partial charge in [-0.05, 0) is 61.4 Å². The quantitative estimate of drug-likeness (QED) is 0.796. The van der Waals surface area contributed by atoms with Gasteiger partial charge in [0.25, 0.3) is 0 Å². The van der Waals surface area contributed by atoms with E-state index in [-0.39, 0.29) is 17.3 Å². The number of aromatic hydroxyl groups is 2. The van der Waals surface area contributed by atoms with Crippen LogP contribution in [0.1, 0.15) is 27.0 Å². The van der Waals surface area contributed by atoms with Gasteiger partial charge in [-0.15, -0.1) is 0 Å². The van der Waals surface area contributed by atoms with Gasteiger partial charge in [-0.3, -0.25) is 4.79 Å². The normalized spacial score (nSPS) is 10.3. The number of phenols is 2. The Bertz CT molecular complexity index is 562. The Kier molecular flexibility index (Phi) is 3.06. The molecule has 0 aliphatic heterocycles. The zero-order valence-electron chi connectivity index (χ0n) is 10.3. The molecule has 0 unspecified atom stereocenters. The topological polar surface area (TPSA) is 57.5 Å². The van der Waals surface area contributed by atoms with Crippen molar-refractivity contribution in [3.63, 3.8) is 0 Å². The maximum absolute atomic E-state index is 12.3. The highest BCUT2D eigenvalue weighted by molar-refractivity contribution is 6.10. The van der Waals surface area contributed by atoms with E-state index in [4.69, 9.17) is 0 Å². The zero-order valence-corrected chi connectivity index (χ0v) is 10.3. The smallest absolute Gasteiger partial charge is 0.193 e. The van der Waals surface area contributed by atoms with Gasteiger partial charge in [0.2, 0.25) is 0 Å². The Morgan fingerprint density at radius 2 is 1.22 bits per heavy atom. The van der Waals surface area contributed by atoms with Crippen LogP contribution < -0.4 is 0 Å². The van der Waals surface area contributed by atoms with Crippen LogP contribution in [0.5, 0.6) is 11.5 Å². The number of carbonyl (C=O) groups excluding carboxylic acids is 1. The first-order valence-electron chi connectivity index (χ1n) is 5.63. The molecule has 0 atom stereocenters. The van der Waals surface area contributed by atoms with Crippen molar-refractivity contribution in [2.24, 2.45) is 0 Å². The number of ketones is 1. The van der Waals surface area contributed by atoms with E-state index in [1.54, 1.807) is 38.1 Å². The molecule has 2 rings (SSSR count). The summed E-state index contributed by atoms with van der Waals surface area (Å²) in [5, 5.41) is 18.7. The lowest BCUT2D eigenvalue weighted by atomic mass is 9.96. The highest BCUT2D eigenvalue weighted by Crippen LogP contribution is 2.22. The molecule has 0 aliphatic carbocycles. The highest BCUT2D eigenvalue weighted by atomic mass is 16.3. The molecule has 92 valence electrons. The van der Waals surface area contributed by atoms with Crippen LogP contribution in [0.2, 0.25) is 0 Å². The van der Waals surface area contributed by atoms with E-state index in [0.29, 0.717) is 11.1 Å². The first-order chi connectivity index (χ1) is 8.49. The van der Waals surface area contributed by atoms with Crippen molar-refractivity contribution in [3.05, 3.63) is 58.7 Å². The molecule has 0 radical (unpaired) electrons. The number of hydrogen-bond acceptors (Lipinski definition) is 3. The van der Waals surface area contributed by atoms with Crippen molar-refractivity contribution >= 4 is 5.78 Å². The third-order valence-electron chi connectivity index (χ3n) is 2.91. The summed E-state index contributed by atoms with van der Waals surface area (Å²) in [5.41, 5.74) is 2.57. The van der Waals surface area contributed by atoms with Gasteiger partial charge in [-0.2, -0.15) is 0 Å². The second-order valence-electron chi connectivity index (χ2n) is 4.33. The number of aryl methyl sites for hydroxylation is 2. The summed E-state index contributed by atoms with van der Waals surface area (Å²) >= 11 is 0. The summed E-state index contributed by atoms with van der Waals surface area (Å²) in [6.07, 6.45) is 0. The number of carbonyl (C=O) groups is 1. The molecular formula is C15H14O3. The van der Waals surface area contributed by atoms with Crippen molar-refractivity contribution < 1.29 is 15.0 Å². The van der Waals surface area contributed by atoms with Gasteiger partial charge in [0.05, 0.1) is 0 Å². The van der Waals surface area contributed by atoms with Crippen molar-refractivity contribution in [2.45, 2.75) is 13.8 Å². The summed E-state index contributed by atoms with van der Waals surface area (Å²) in [6, 6.07) is 9.33. The third-order valence-corrected chi connectivity index (χ3v) is 2.91. The fourth-order valence-electron chi connectivity index (χ4n) is 1.95. The van der Waals surface area contributed by atoms with Crippen molar-refractivity contribution in [3.8, 4) is 11.5 Å². The lowest BCUT2D eigenvalue weighted by molar-refractivity contribution is 0.103. The second-order valence-corrected chi connectivity index (χ2v) is 4.33. The van der Waals surface area contributed by atoms with Crippen LogP contribution in [0, 0.1) is 13.8 Å². The molecule has 0 bridgehead atoms. The molecule has 0 spiro atoms. The molecule has 2 aromatic carbocycles. The third kappa shape index (κ3) is 2.20. The van der Waals surface area contributed by atoms with Crippen LogP contribution in [0.4, 0.5) is 0 Å². The van der Waals surface area contributed by atoms with Crippen LogP contribution >= 0.6 is 0 Å². The summed E-state index contributed by atoms with van der Waals surface area (Å²) in [7, 11) is 0. The molecule has 2 aromatic rings. The van der Waals surface area contributed by atoms with Gasteiger partial charge in [-0.1, -0.05) is 0 Å². The summed E-state index contributed by atoms with van der Waals surface area (Å²) in [4.78, 5) is 12.3. The van der Waals surface area contributed by atoms with Crippen LogP contribution in [-0.4, -0.2) is 16.0 Å². The molecule has 0 amide bonds. The minimum atomic E-state index is -0.106. The summed E-state index contributed by atoms with van der Waals surface area (Å²) < 4.78 is 0. The lowest BCUT2D eigenvalue weighted by Crippen LogP contribution is -2.05. The molecule has 0 aromatic heterocycles. The molecule has 2 N–H and O–H groups in total. The van der Waals surface area contributed by atoms with Crippen molar-refractivity contribution in [1.82, 2.24) is 0 Å². The number of rotatable bonds is 2. The Morgan fingerprint density at radius 3 is 1.56 bits per heavy atom. The molecule has 18 heavy (non-hydrogen) atoms. The monoisotopic (exact) mass is 242 g/mol. The molecule has 0 fully saturated rings. The molecule has 0 aliphatic rings. The lowest BCUT2D eigenvalue weighted by Gasteiger charge is -2.08. The van der Waals surface area contributed by atoms with Gasteiger partial charge in [0.15, 0.2) is 5.78 Å². The van der Waals surface area contributed by atoms with E-state index in [9.17, 15) is 15.0 Å². The molecule has 3 heteroatoms. The Hall–Kier alpha value is -2.29. The minimum Gasteiger partial charge on any atom is -0.508 e. The maximum Gasteiger partial charge on any atom is 0.193 e. The predicted octanol–water partition coefficient (Wildman–Crippen LogP) is 2.95. The Morgan fingerprint density at radius 1 is 0.833 bits per heavy atom. The highest BCUT2D eigenvalue weighted by Gasteiger charge is 2.14. The molecule has 3 nitrogen and oxygen atoms in total. The summed E-state index contributed by atoms with van der Waals surface area (Å²) in [6.45, 7) is 3.56. The first kappa shape index (κ1) is 12.2. The van der Waals surface area contributed by atoms with Crippen molar-refractivity contribution in [1.29, 1.82) is 0 Å². The second kappa shape index (κ2) is 4.53. The van der Waals surface area contributed by atoms with Crippen molar-refractivity contribution in [2.75, 3.05) is 0 Å². The zero-order chi connectivity index (χ0) is 13.3. The van der Waals surface area contributed by atoms with Crippen LogP contribution in [0.15, 0.2) is 36.4 Å². The first-order valence-corrected chi connectivity index (χ1v) is 5.63. The maximum atomic E-state index is 12.3. The van der Waals surface area contributed by atoms with Gasteiger partial charge >= 0.3 is 0 Å². The van der Waals surface area contributed by atoms with Crippen LogP contribution in [0.3, 0.4) is 0 Å². The fourth-order valence-corrected chi connectivity index (χ4v) is 1.95. The van der Waals surface area contributed by atoms with Crippen LogP contribution in [-0.2, 0) is 0 Å².